The fourth-order valence-electron chi connectivity index (χ4n) is 4.16. The molecule has 1 aromatic heterocycles. The average molecular weight is 412 g/mol. The molecule has 30 heavy (non-hydrogen) atoms. The molecule has 9 nitrogen and oxygen atoms in total. The van der Waals surface area contributed by atoms with Crippen molar-refractivity contribution < 1.29 is 18.8 Å². The van der Waals surface area contributed by atoms with Crippen LogP contribution in [-0.4, -0.2) is 57.8 Å². The first-order valence-corrected chi connectivity index (χ1v) is 9.83. The van der Waals surface area contributed by atoms with E-state index in [4.69, 9.17) is 14.8 Å². The summed E-state index contributed by atoms with van der Waals surface area (Å²) in [5.41, 5.74) is 3.04. The minimum Gasteiger partial charge on any atom is -0.357 e. The van der Waals surface area contributed by atoms with Gasteiger partial charge in [-0.15, -0.1) is 0 Å². The Balaban J connectivity index is 1.34. The number of nitriles is 1. The van der Waals surface area contributed by atoms with Gasteiger partial charge in [0, 0.05) is 37.3 Å². The van der Waals surface area contributed by atoms with Crippen molar-refractivity contribution >= 4 is 11.6 Å². The number of anilines is 1. The van der Waals surface area contributed by atoms with Gasteiger partial charge < -0.3 is 10.1 Å². The predicted molar refractivity (Wildman–Crippen MR) is 102 cm³/mol. The molecule has 3 atom stereocenters. The summed E-state index contributed by atoms with van der Waals surface area (Å²) >= 11 is 0. The third-order valence-electron chi connectivity index (χ3n) is 5.80. The molecule has 0 aliphatic carbocycles. The SMILES string of the molecule is C[C@@H]1Cc2nn3c(c2CN1C1OC1Nc1ccc(F)c(C#N)c1)C(=O)N(C)OCC3. The average Bonchev–Trinajstić information content (AvgIpc) is 3.42. The standard InChI is InChI=1S/C20H21FN6O3/c1-11-7-16-14(17-19(28)25(2)29-6-5-27(17)24-16)10-26(11)20-18(30-20)23-13-3-4-15(21)12(8-13)9-22/h3-4,8,11,18,20,23H,5-7,10H2,1-2H3/t11-,18?,20?/m1/s1. The molecule has 1 saturated heterocycles. The van der Waals surface area contributed by atoms with Gasteiger partial charge in [-0.25, -0.2) is 9.45 Å². The van der Waals surface area contributed by atoms with Crippen LogP contribution in [0.15, 0.2) is 18.2 Å². The lowest BCUT2D eigenvalue weighted by atomic mass is 9.99. The maximum absolute atomic E-state index is 13.5. The number of amides is 1. The first-order chi connectivity index (χ1) is 14.5. The number of rotatable bonds is 3. The zero-order valence-electron chi connectivity index (χ0n) is 16.6. The highest BCUT2D eigenvalue weighted by Gasteiger charge is 2.48. The van der Waals surface area contributed by atoms with E-state index >= 15 is 0 Å². The largest absolute Gasteiger partial charge is 0.357 e. The number of halogens is 1. The molecule has 4 heterocycles. The second-order valence-electron chi connectivity index (χ2n) is 7.76. The van der Waals surface area contributed by atoms with E-state index in [-0.39, 0.29) is 30.0 Å². The second-order valence-corrected chi connectivity index (χ2v) is 7.76. The Morgan fingerprint density at radius 1 is 1.40 bits per heavy atom. The third kappa shape index (κ3) is 3.11. The lowest BCUT2D eigenvalue weighted by Crippen LogP contribution is -2.42. The molecule has 0 spiro atoms. The van der Waals surface area contributed by atoms with Crippen LogP contribution in [0.3, 0.4) is 0 Å². The number of ether oxygens (including phenoxy) is 1. The lowest BCUT2D eigenvalue weighted by molar-refractivity contribution is -0.103. The Morgan fingerprint density at radius 2 is 2.23 bits per heavy atom. The van der Waals surface area contributed by atoms with Crippen LogP contribution in [0.1, 0.15) is 34.2 Å². The van der Waals surface area contributed by atoms with Crippen LogP contribution in [-0.2, 0) is 29.1 Å². The summed E-state index contributed by atoms with van der Waals surface area (Å²) < 4.78 is 21.1. The van der Waals surface area contributed by atoms with Crippen molar-refractivity contribution in [3.05, 3.63) is 46.5 Å². The summed E-state index contributed by atoms with van der Waals surface area (Å²) in [6, 6.07) is 6.34. The van der Waals surface area contributed by atoms with Gasteiger partial charge in [0.2, 0.25) is 0 Å². The van der Waals surface area contributed by atoms with E-state index in [9.17, 15) is 9.18 Å². The Hall–Kier alpha value is -3.00. The van der Waals surface area contributed by atoms with Gasteiger partial charge >= 0.3 is 0 Å². The van der Waals surface area contributed by atoms with Gasteiger partial charge in [0.25, 0.3) is 5.91 Å². The number of nitrogens with zero attached hydrogens (tertiary/aromatic N) is 5. The molecular formula is C20H21FN6O3. The minimum atomic E-state index is -0.547. The highest BCUT2D eigenvalue weighted by atomic mass is 19.1. The molecule has 2 unspecified atom stereocenters. The van der Waals surface area contributed by atoms with Gasteiger partial charge in [0.05, 0.1) is 24.4 Å². The summed E-state index contributed by atoms with van der Waals surface area (Å²) in [6.45, 7) is 3.58. The van der Waals surface area contributed by atoms with Gasteiger partial charge in [-0.2, -0.15) is 10.4 Å². The molecule has 1 N–H and O–H groups in total. The minimum absolute atomic E-state index is 0.0133. The van der Waals surface area contributed by atoms with Crippen LogP contribution in [0.4, 0.5) is 10.1 Å². The number of hydroxylamine groups is 2. The highest BCUT2D eigenvalue weighted by molar-refractivity contribution is 5.93. The Kier molecular flexibility index (Phi) is 4.47. The number of hydrogen-bond donors (Lipinski definition) is 1. The fourth-order valence-corrected chi connectivity index (χ4v) is 4.16. The molecule has 1 aromatic carbocycles. The molecule has 3 aliphatic rings. The smallest absolute Gasteiger partial charge is 0.295 e. The summed E-state index contributed by atoms with van der Waals surface area (Å²) in [5, 5.41) is 18.1. The van der Waals surface area contributed by atoms with E-state index in [0.29, 0.717) is 31.1 Å². The molecule has 0 saturated carbocycles. The molecule has 0 bridgehead atoms. The Bertz CT molecular complexity index is 1060. The van der Waals surface area contributed by atoms with Crippen molar-refractivity contribution in [3.8, 4) is 6.07 Å². The van der Waals surface area contributed by atoms with Crippen molar-refractivity contribution in [3.63, 3.8) is 0 Å². The topological polar surface area (TPSA) is 98.9 Å². The van der Waals surface area contributed by atoms with Crippen molar-refractivity contribution in [2.45, 2.75) is 44.9 Å². The molecule has 156 valence electrons. The first-order valence-electron chi connectivity index (χ1n) is 9.83. The molecule has 3 aliphatic heterocycles. The van der Waals surface area contributed by atoms with Crippen LogP contribution in [0.25, 0.3) is 0 Å². The molecule has 2 aromatic rings. The zero-order valence-corrected chi connectivity index (χ0v) is 16.6. The zero-order chi connectivity index (χ0) is 21.0. The summed E-state index contributed by atoms with van der Waals surface area (Å²) in [5.74, 6) is -0.744. The monoisotopic (exact) mass is 412 g/mol. The van der Waals surface area contributed by atoms with Crippen LogP contribution < -0.4 is 5.32 Å². The van der Waals surface area contributed by atoms with Gasteiger partial charge in [-0.3, -0.25) is 19.2 Å². The maximum atomic E-state index is 13.5. The molecule has 1 amide bonds. The number of epoxide rings is 1. The van der Waals surface area contributed by atoms with Crippen LogP contribution in [0.2, 0.25) is 0 Å². The van der Waals surface area contributed by atoms with Gasteiger partial charge in [0.1, 0.15) is 17.6 Å². The van der Waals surface area contributed by atoms with E-state index in [0.717, 1.165) is 17.7 Å². The second kappa shape index (κ2) is 7.05. The number of aromatic nitrogens is 2. The summed E-state index contributed by atoms with van der Waals surface area (Å²) in [4.78, 5) is 20.3. The molecule has 0 radical (unpaired) electrons. The van der Waals surface area contributed by atoms with Crippen molar-refractivity contribution in [1.29, 1.82) is 5.26 Å². The normalized spacial score (nSPS) is 25.9. The van der Waals surface area contributed by atoms with Gasteiger partial charge in [0.15, 0.2) is 12.5 Å². The number of fused-ring (bicyclic) bond motifs is 3. The number of benzene rings is 1. The molecular weight excluding hydrogens is 391 g/mol. The van der Waals surface area contributed by atoms with Gasteiger partial charge in [-0.1, -0.05) is 0 Å². The molecule has 5 rings (SSSR count). The van der Waals surface area contributed by atoms with Crippen molar-refractivity contribution in [2.75, 3.05) is 19.0 Å². The van der Waals surface area contributed by atoms with Crippen LogP contribution in [0.5, 0.6) is 0 Å². The van der Waals surface area contributed by atoms with Crippen LogP contribution >= 0.6 is 0 Å². The lowest BCUT2D eigenvalue weighted by Gasteiger charge is -2.31. The van der Waals surface area contributed by atoms with E-state index in [1.807, 2.05) is 6.07 Å². The van der Waals surface area contributed by atoms with E-state index < -0.39 is 5.82 Å². The van der Waals surface area contributed by atoms with E-state index in [1.54, 1.807) is 17.8 Å². The van der Waals surface area contributed by atoms with Gasteiger partial charge in [-0.05, 0) is 25.1 Å². The highest BCUT2D eigenvalue weighted by Crippen LogP contribution is 2.36. The first kappa shape index (κ1) is 19.0. The summed E-state index contributed by atoms with van der Waals surface area (Å²) in [7, 11) is 1.61. The number of carbonyl (C=O) groups is 1. The number of carbonyl (C=O) groups excluding carboxylic acids is 1. The maximum Gasteiger partial charge on any atom is 0.295 e. The third-order valence-corrected chi connectivity index (χ3v) is 5.80. The Morgan fingerprint density at radius 3 is 3.03 bits per heavy atom. The van der Waals surface area contributed by atoms with Crippen molar-refractivity contribution in [1.82, 2.24) is 19.7 Å². The van der Waals surface area contributed by atoms with E-state index in [2.05, 4.69) is 22.2 Å². The number of hydrogen-bond acceptors (Lipinski definition) is 7. The van der Waals surface area contributed by atoms with Crippen LogP contribution in [0, 0.1) is 17.1 Å². The molecule has 1 fully saturated rings. The van der Waals surface area contributed by atoms with Crippen molar-refractivity contribution in [2.24, 2.45) is 0 Å². The van der Waals surface area contributed by atoms with E-state index in [1.165, 1.54) is 17.2 Å². The quantitative estimate of drug-likeness (QED) is 0.762. The molecule has 10 heteroatoms. The Labute approximate surface area is 172 Å². The predicted octanol–water partition coefficient (Wildman–Crippen LogP) is 1.45. The summed E-state index contributed by atoms with van der Waals surface area (Å²) in [6.07, 6.45) is 0.255. The number of nitrogens with one attached hydrogen (secondary N) is 1. The fraction of sp³-hybridized carbons (Fsp3) is 0.450.